The Bertz CT molecular complexity index is 351. The van der Waals surface area contributed by atoms with Crippen molar-refractivity contribution in [1.82, 2.24) is 5.32 Å². The minimum Gasteiger partial charge on any atom is -0.399 e. The van der Waals surface area contributed by atoms with E-state index in [0.29, 0.717) is 0 Å². The van der Waals surface area contributed by atoms with Gasteiger partial charge < -0.3 is 11.1 Å². The number of nitrogen functional groups attached to an aromatic ring is 1. The Labute approximate surface area is 99.4 Å². The van der Waals surface area contributed by atoms with Gasteiger partial charge in [0, 0.05) is 16.7 Å². The first-order valence-electron chi connectivity index (χ1n) is 5.41. The largest absolute Gasteiger partial charge is 0.399 e. The average molecular weight is 269 g/mol. The molecule has 0 saturated heterocycles. The van der Waals surface area contributed by atoms with E-state index >= 15 is 0 Å². The predicted octanol–water partition coefficient (Wildman–Crippen LogP) is 2.78. The fourth-order valence-corrected chi connectivity index (χ4v) is 2.19. The first-order valence-corrected chi connectivity index (χ1v) is 6.20. The molecule has 1 aliphatic rings. The molecule has 1 saturated carbocycles. The second-order valence-corrected chi connectivity index (χ2v) is 5.31. The fourth-order valence-electron chi connectivity index (χ4n) is 1.81. The number of rotatable bonds is 4. The van der Waals surface area contributed by atoms with Crippen LogP contribution in [0.5, 0.6) is 0 Å². The van der Waals surface area contributed by atoms with E-state index in [0.717, 1.165) is 35.1 Å². The highest BCUT2D eigenvalue weighted by molar-refractivity contribution is 9.10. The summed E-state index contributed by atoms with van der Waals surface area (Å²) in [6.45, 7) is 4.33. The van der Waals surface area contributed by atoms with Crippen LogP contribution in [0, 0.1) is 11.8 Å². The molecule has 1 fully saturated rings. The van der Waals surface area contributed by atoms with Crippen LogP contribution in [-0.4, -0.2) is 6.54 Å². The maximum Gasteiger partial charge on any atom is 0.0318 e. The molecule has 2 nitrogen and oxygen atoms in total. The van der Waals surface area contributed by atoms with Crippen LogP contribution in [0.3, 0.4) is 0 Å². The van der Waals surface area contributed by atoms with Gasteiger partial charge in [0.25, 0.3) is 0 Å². The van der Waals surface area contributed by atoms with Gasteiger partial charge in [-0.15, -0.1) is 0 Å². The van der Waals surface area contributed by atoms with Crippen LogP contribution < -0.4 is 11.1 Å². The Hall–Kier alpha value is -0.540. The average Bonchev–Trinajstić information content (AvgIpc) is 2.88. The normalized spacial score (nSPS) is 24.1. The second kappa shape index (κ2) is 4.54. The molecule has 0 bridgehead atoms. The highest BCUT2D eigenvalue weighted by Crippen LogP contribution is 2.36. The lowest BCUT2D eigenvalue weighted by Gasteiger charge is -2.07. The summed E-state index contributed by atoms with van der Waals surface area (Å²) in [5.74, 6) is 1.81. The summed E-state index contributed by atoms with van der Waals surface area (Å²) in [5, 5.41) is 3.48. The van der Waals surface area contributed by atoms with Gasteiger partial charge in [0.1, 0.15) is 0 Å². The molecule has 3 heteroatoms. The van der Waals surface area contributed by atoms with Crippen molar-refractivity contribution >= 4 is 21.6 Å². The zero-order valence-electron chi connectivity index (χ0n) is 8.96. The summed E-state index contributed by atoms with van der Waals surface area (Å²) in [6.07, 6.45) is 1.38. The molecule has 0 heterocycles. The third-order valence-electron chi connectivity index (χ3n) is 3.07. The molecule has 15 heavy (non-hydrogen) atoms. The molecule has 0 aliphatic heterocycles. The van der Waals surface area contributed by atoms with E-state index in [2.05, 4.69) is 28.2 Å². The number of hydrogen-bond acceptors (Lipinski definition) is 2. The highest BCUT2D eigenvalue weighted by atomic mass is 79.9. The standard InChI is InChI=1S/C12H17BrN2/c1-8-4-9(8)6-15-7-10-5-11(14)2-3-12(10)13/h2-3,5,8-9,15H,4,6-7,14H2,1H3. The minimum atomic E-state index is 0.829. The summed E-state index contributed by atoms with van der Waals surface area (Å²) >= 11 is 3.53. The van der Waals surface area contributed by atoms with Gasteiger partial charge in [0.05, 0.1) is 0 Å². The molecule has 1 aromatic rings. The molecular formula is C12H17BrN2. The number of anilines is 1. The Balaban J connectivity index is 1.84. The quantitative estimate of drug-likeness (QED) is 0.825. The third-order valence-corrected chi connectivity index (χ3v) is 3.84. The van der Waals surface area contributed by atoms with E-state index < -0.39 is 0 Å². The number of halogens is 1. The Morgan fingerprint density at radius 1 is 1.53 bits per heavy atom. The molecule has 0 spiro atoms. The molecule has 1 aromatic carbocycles. The molecule has 0 amide bonds. The Morgan fingerprint density at radius 2 is 2.27 bits per heavy atom. The van der Waals surface area contributed by atoms with Gasteiger partial charge in [-0.05, 0) is 48.6 Å². The Morgan fingerprint density at radius 3 is 2.93 bits per heavy atom. The number of nitrogens with one attached hydrogen (secondary N) is 1. The van der Waals surface area contributed by atoms with Crippen LogP contribution in [0.25, 0.3) is 0 Å². The van der Waals surface area contributed by atoms with Crippen LogP contribution in [0.2, 0.25) is 0 Å². The maximum atomic E-state index is 5.74. The van der Waals surface area contributed by atoms with Crippen molar-refractivity contribution in [1.29, 1.82) is 0 Å². The van der Waals surface area contributed by atoms with Crippen LogP contribution in [-0.2, 0) is 6.54 Å². The number of benzene rings is 1. The summed E-state index contributed by atoms with van der Waals surface area (Å²) in [7, 11) is 0. The minimum absolute atomic E-state index is 0.829. The van der Waals surface area contributed by atoms with E-state index in [1.165, 1.54) is 12.0 Å². The van der Waals surface area contributed by atoms with Crippen LogP contribution >= 0.6 is 15.9 Å². The van der Waals surface area contributed by atoms with E-state index in [1.54, 1.807) is 0 Å². The van der Waals surface area contributed by atoms with Crippen molar-refractivity contribution in [3.63, 3.8) is 0 Å². The zero-order chi connectivity index (χ0) is 10.8. The van der Waals surface area contributed by atoms with Crippen molar-refractivity contribution in [2.45, 2.75) is 19.9 Å². The number of hydrogen-bond donors (Lipinski definition) is 2. The predicted molar refractivity (Wildman–Crippen MR) is 67.5 cm³/mol. The second-order valence-electron chi connectivity index (χ2n) is 4.45. The summed E-state index contributed by atoms with van der Waals surface area (Å²) < 4.78 is 1.13. The van der Waals surface area contributed by atoms with Gasteiger partial charge in [-0.25, -0.2) is 0 Å². The lowest BCUT2D eigenvalue weighted by molar-refractivity contribution is 0.611. The SMILES string of the molecule is CC1CC1CNCc1cc(N)ccc1Br. The van der Waals surface area contributed by atoms with Crippen molar-refractivity contribution in [2.24, 2.45) is 11.8 Å². The fraction of sp³-hybridized carbons (Fsp3) is 0.500. The highest BCUT2D eigenvalue weighted by Gasteiger charge is 2.31. The first kappa shape index (κ1) is 11.0. The first-order chi connectivity index (χ1) is 7.16. The molecule has 2 unspecified atom stereocenters. The molecule has 82 valence electrons. The lowest BCUT2D eigenvalue weighted by atomic mass is 10.2. The molecule has 0 aromatic heterocycles. The Kier molecular flexibility index (Phi) is 3.32. The molecule has 2 atom stereocenters. The van der Waals surface area contributed by atoms with Crippen molar-refractivity contribution in [3.05, 3.63) is 28.2 Å². The van der Waals surface area contributed by atoms with Crippen molar-refractivity contribution < 1.29 is 0 Å². The van der Waals surface area contributed by atoms with Gasteiger partial charge in [-0.3, -0.25) is 0 Å². The van der Waals surface area contributed by atoms with E-state index in [-0.39, 0.29) is 0 Å². The zero-order valence-corrected chi connectivity index (χ0v) is 10.5. The summed E-state index contributed by atoms with van der Waals surface area (Å²) in [4.78, 5) is 0. The molecule has 1 aliphatic carbocycles. The summed E-state index contributed by atoms with van der Waals surface area (Å²) in [6, 6.07) is 5.94. The smallest absolute Gasteiger partial charge is 0.0318 e. The van der Waals surface area contributed by atoms with Gasteiger partial charge in [0.15, 0.2) is 0 Å². The summed E-state index contributed by atoms with van der Waals surface area (Å²) in [5.41, 5.74) is 7.81. The molecule has 0 radical (unpaired) electrons. The van der Waals surface area contributed by atoms with Crippen molar-refractivity contribution in [3.8, 4) is 0 Å². The van der Waals surface area contributed by atoms with E-state index in [4.69, 9.17) is 5.73 Å². The lowest BCUT2D eigenvalue weighted by Crippen LogP contribution is -2.17. The third kappa shape index (κ3) is 2.95. The maximum absolute atomic E-state index is 5.74. The topological polar surface area (TPSA) is 38.0 Å². The van der Waals surface area contributed by atoms with Crippen molar-refractivity contribution in [2.75, 3.05) is 12.3 Å². The van der Waals surface area contributed by atoms with Crippen LogP contribution in [0.1, 0.15) is 18.9 Å². The van der Waals surface area contributed by atoms with Crippen LogP contribution in [0.15, 0.2) is 22.7 Å². The van der Waals surface area contributed by atoms with Crippen LogP contribution in [0.4, 0.5) is 5.69 Å². The molecular weight excluding hydrogens is 252 g/mol. The van der Waals surface area contributed by atoms with Gasteiger partial charge in [-0.1, -0.05) is 22.9 Å². The van der Waals surface area contributed by atoms with E-state index in [9.17, 15) is 0 Å². The monoisotopic (exact) mass is 268 g/mol. The van der Waals surface area contributed by atoms with Gasteiger partial charge >= 0.3 is 0 Å². The van der Waals surface area contributed by atoms with Gasteiger partial charge in [-0.2, -0.15) is 0 Å². The molecule has 3 N–H and O–H groups in total. The van der Waals surface area contributed by atoms with E-state index in [1.807, 2.05) is 18.2 Å². The molecule has 2 rings (SSSR count). The number of nitrogens with two attached hydrogens (primary N) is 1. The van der Waals surface area contributed by atoms with Gasteiger partial charge in [0.2, 0.25) is 0 Å².